The Balaban J connectivity index is 0.000000298. The smallest absolute Gasteiger partial charge is 0.475 e. The number of carbonyl (C=O) groups excluding carboxylic acids is 1. The molecule has 2 aromatic rings. The first-order valence-electron chi connectivity index (χ1n) is 8.79. The zero-order chi connectivity index (χ0) is 21.1. The average molecular weight is 428 g/mol. The van der Waals surface area contributed by atoms with Crippen molar-refractivity contribution >= 4 is 28.9 Å². The van der Waals surface area contributed by atoms with Gasteiger partial charge in [-0.05, 0) is 24.4 Å². The van der Waals surface area contributed by atoms with Gasteiger partial charge in [0.2, 0.25) is 5.91 Å². The maximum Gasteiger partial charge on any atom is 0.490 e. The molecule has 2 aromatic heterocycles. The summed E-state index contributed by atoms with van der Waals surface area (Å²) in [6.45, 7) is 3.87. The molecule has 0 aromatic carbocycles. The summed E-state index contributed by atoms with van der Waals surface area (Å²) in [5.41, 5.74) is 0.922. The van der Waals surface area contributed by atoms with Crippen molar-refractivity contribution in [3.8, 4) is 0 Å². The van der Waals surface area contributed by atoms with Crippen molar-refractivity contribution in [1.82, 2.24) is 14.9 Å². The number of likely N-dealkylation sites (tertiary alicyclic amines) is 1. The van der Waals surface area contributed by atoms with E-state index >= 15 is 0 Å². The van der Waals surface area contributed by atoms with Crippen molar-refractivity contribution < 1.29 is 27.9 Å². The van der Waals surface area contributed by atoms with Gasteiger partial charge in [-0.3, -0.25) is 9.69 Å². The van der Waals surface area contributed by atoms with Gasteiger partial charge >= 0.3 is 12.1 Å². The maximum absolute atomic E-state index is 12.4. The molecule has 2 aliphatic heterocycles. The van der Waals surface area contributed by atoms with E-state index in [-0.39, 0.29) is 11.3 Å². The molecule has 156 valence electrons. The van der Waals surface area contributed by atoms with Crippen LogP contribution in [0.4, 0.5) is 18.9 Å². The second kappa shape index (κ2) is 8.46. The normalized spacial score (nSPS) is 22.0. The first kappa shape index (κ1) is 21.2. The van der Waals surface area contributed by atoms with Crippen LogP contribution >= 0.6 is 11.3 Å². The Bertz CT molecular complexity index is 848. The number of anilines is 1. The highest BCUT2D eigenvalue weighted by atomic mass is 32.1. The van der Waals surface area contributed by atoms with Gasteiger partial charge in [-0.2, -0.15) is 13.2 Å². The minimum atomic E-state index is -5.08. The zero-order valence-electron chi connectivity index (χ0n) is 15.3. The second-order valence-electron chi connectivity index (χ2n) is 7.10. The topological polar surface area (TPSA) is 86.6 Å². The quantitative estimate of drug-likeness (QED) is 0.809. The lowest BCUT2D eigenvalue weighted by Gasteiger charge is -2.23. The number of hydrogen-bond donors (Lipinski definition) is 1. The molecule has 1 amide bonds. The molecule has 2 aliphatic rings. The molecule has 0 bridgehead atoms. The van der Waals surface area contributed by atoms with Crippen LogP contribution in [0.5, 0.6) is 0 Å². The highest BCUT2D eigenvalue weighted by Crippen LogP contribution is 2.42. The number of nitrogens with zero attached hydrogens (tertiary/aromatic N) is 4. The van der Waals surface area contributed by atoms with Crippen LogP contribution in [-0.4, -0.2) is 57.7 Å². The van der Waals surface area contributed by atoms with Crippen LogP contribution in [0.1, 0.15) is 17.7 Å². The van der Waals surface area contributed by atoms with Gasteiger partial charge in [0.15, 0.2) is 0 Å². The number of carboxylic acids is 1. The fraction of sp³-hybridized carbons (Fsp3) is 0.444. The minimum Gasteiger partial charge on any atom is -0.475 e. The van der Waals surface area contributed by atoms with E-state index in [4.69, 9.17) is 9.90 Å². The van der Waals surface area contributed by atoms with Crippen molar-refractivity contribution in [2.75, 3.05) is 24.5 Å². The van der Waals surface area contributed by atoms with Crippen molar-refractivity contribution in [3.05, 3.63) is 41.1 Å². The number of rotatable bonds is 3. The molecule has 0 radical (unpaired) electrons. The summed E-state index contributed by atoms with van der Waals surface area (Å²) in [6, 6.07) is 4.28. The predicted octanol–water partition coefficient (Wildman–Crippen LogP) is 2.80. The molecule has 1 atom stereocenters. The van der Waals surface area contributed by atoms with Crippen LogP contribution in [0.2, 0.25) is 0 Å². The molecule has 0 saturated carbocycles. The number of alkyl halides is 3. The van der Waals surface area contributed by atoms with Gasteiger partial charge in [0, 0.05) is 36.3 Å². The van der Waals surface area contributed by atoms with E-state index in [1.807, 2.05) is 4.90 Å². The summed E-state index contributed by atoms with van der Waals surface area (Å²) in [4.78, 5) is 35.1. The Hall–Kier alpha value is -2.53. The Morgan fingerprint density at radius 1 is 1.28 bits per heavy atom. The van der Waals surface area contributed by atoms with E-state index in [0.717, 1.165) is 38.3 Å². The van der Waals surface area contributed by atoms with Crippen LogP contribution < -0.4 is 4.90 Å². The Morgan fingerprint density at radius 2 is 1.97 bits per heavy atom. The lowest BCUT2D eigenvalue weighted by atomic mass is 9.86. The lowest BCUT2D eigenvalue weighted by Crippen LogP contribution is -2.31. The Kier molecular flexibility index (Phi) is 6.18. The van der Waals surface area contributed by atoms with Crippen LogP contribution in [-0.2, 0) is 16.1 Å². The second-order valence-corrected chi connectivity index (χ2v) is 8.13. The predicted molar refractivity (Wildman–Crippen MR) is 99.3 cm³/mol. The summed E-state index contributed by atoms with van der Waals surface area (Å²) in [6.07, 6.45) is 1.60. The molecule has 4 heterocycles. The molecule has 0 aliphatic carbocycles. The summed E-state index contributed by atoms with van der Waals surface area (Å²) in [5, 5.41) is 9.25. The monoisotopic (exact) mass is 428 g/mol. The van der Waals surface area contributed by atoms with E-state index in [9.17, 15) is 18.0 Å². The van der Waals surface area contributed by atoms with E-state index in [2.05, 4.69) is 32.4 Å². The average Bonchev–Trinajstić information content (AvgIpc) is 3.38. The molecule has 7 nitrogen and oxygen atoms in total. The molecule has 29 heavy (non-hydrogen) atoms. The summed E-state index contributed by atoms with van der Waals surface area (Å²) >= 11 is 1.80. The molecule has 1 unspecified atom stereocenters. The van der Waals surface area contributed by atoms with Gasteiger partial charge in [0.05, 0.1) is 18.1 Å². The van der Waals surface area contributed by atoms with E-state index in [1.165, 1.54) is 11.2 Å². The molecule has 4 rings (SSSR count). The third-order valence-corrected chi connectivity index (χ3v) is 5.76. The summed E-state index contributed by atoms with van der Waals surface area (Å²) in [7, 11) is 0. The van der Waals surface area contributed by atoms with E-state index in [0.29, 0.717) is 6.42 Å². The molecule has 1 N–H and O–H groups in total. The number of thiophene rings is 1. The Morgan fingerprint density at radius 3 is 2.55 bits per heavy atom. The number of halogens is 3. The fourth-order valence-electron chi connectivity index (χ4n) is 3.62. The van der Waals surface area contributed by atoms with E-state index in [1.54, 1.807) is 23.7 Å². The zero-order valence-corrected chi connectivity index (χ0v) is 16.1. The Labute approximate surface area is 168 Å². The molecule has 1 spiro atoms. The first-order valence-corrected chi connectivity index (χ1v) is 9.67. The van der Waals surface area contributed by atoms with Gasteiger partial charge in [-0.15, -0.1) is 11.3 Å². The van der Waals surface area contributed by atoms with Crippen molar-refractivity contribution in [1.29, 1.82) is 0 Å². The number of aromatic nitrogens is 2. The highest BCUT2D eigenvalue weighted by Gasteiger charge is 2.47. The van der Waals surface area contributed by atoms with Gasteiger partial charge in [-0.1, -0.05) is 6.07 Å². The van der Waals surface area contributed by atoms with Crippen LogP contribution in [0.25, 0.3) is 0 Å². The fourth-order valence-corrected chi connectivity index (χ4v) is 4.37. The standard InChI is InChI=1S/C16H18N4OS.C2HF3O2/c21-15-6-16(11-20(15)13-7-17-12-18-8-13)3-4-19(10-16)9-14-2-1-5-22-14;3-2(4,5)1(6)7/h1-2,5,7-8,12H,3-4,6,9-11H2;(H,6,7). The maximum atomic E-state index is 12.4. The van der Waals surface area contributed by atoms with Gasteiger partial charge < -0.3 is 10.0 Å². The number of aliphatic carboxylic acids is 1. The van der Waals surface area contributed by atoms with Gasteiger partial charge in [0.1, 0.15) is 6.33 Å². The van der Waals surface area contributed by atoms with Gasteiger partial charge in [0.25, 0.3) is 0 Å². The molecular weight excluding hydrogens is 409 g/mol. The largest absolute Gasteiger partial charge is 0.490 e. The first-order chi connectivity index (χ1) is 13.7. The van der Waals surface area contributed by atoms with Crippen LogP contribution in [0.3, 0.4) is 0 Å². The molecular formula is C18H19F3N4O3S. The molecule has 11 heteroatoms. The lowest BCUT2D eigenvalue weighted by molar-refractivity contribution is -0.192. The van der Waals surface area contributed by atoms with E-state index < -0.39 is 12.1 Å². The van der Waals surface area contributed by atoms with Crippen molar-refractivity contribution in [2.24, 2.45) is 5.41 Å². The van der Waals surface area contributed by atoms with Gasteiger partial charge in [-0.25, -0.2) is 14.8 Å². The molecule has 2 fully saturated rings. The van der Waals surface area contributed by atoms with Crippen LogP contribution in [0.15, 0.2) is 36.2 Å². The minimum absolute atomic E-state index is 0.101. The van der Waals surface area contributed by atoms with Crippen molar-refractivity contribution in [2.45, 2.75) is 25.6 Å². The van der Waals surface area contributed by atoms with Crippen LogP contribution in [0, 0.1) is 5.41 Å². The third-order valence-electron chi connectivity index (χ3n) is 4.90. The van der Waals surface area contributed by atoms with Crippen molar-refractivity contribution in [3.63, 3.8) is 0 Å². The SMILES string of the molecule is O=C(O)C(F)(F)F.O=C1CC2(CCN(Cc3cccs3)C2)CN1c1cncnc1. The molecule has 2 saturated heterocycles. The summed E-state index contributed by atoms with van der Waals surface area (Å²) < 4.78 is 31.7. The number of carbonyl (C=O) groups is 2. The highest BCUT2D eigenvalue weighted by molar-refractivity contribution is 7.09. The number of amides is 1. The number of carboxylic acid groups (broad SMARTS) is 1. The summed E-state index contributed by atoms with van der Waals surface area (Å²) in [5.74, 6) is -2.56. The third kappa shape index (κ3) is 5.30. The number of hydrogen-bond acceptors (Lipinski definition) is 6.